The fourth-order valence-electron chi connectivity index (χ4n) is 2.06. The van der Waals surface area contributed by atoms with Gasteiger partial charge in [-0.05, 0) is 25.0 Å². The Balaban J connectivity index is 1.85. The van der Waals surface area contributed by atoms with Gasteiger partial charge in [0.2, 0.25) is 17.7 Å². The maximum Gasteiger partial charge on any atom is 0.249 e. The number of rotatable bonds is 7. The molecule has 0 radical (unpaired) electrons. The van der Waals surface area contributed by atoms with Gasteiger partial charge in [0, 0.05) is 31.3 Å². The van der Waals surface area contributed by atoms with Crippen molar-refractivity contribution in [2.45, 2.75) is 33.1 Å². The Morgan fingerprint density at radius 3 is 2.81 bits per heavy atom. The van der Waals surface area contributed by atoms with E-state index in [4.69, 9.17) is 4.42 Å². The molecule has 0 aliphatic carbocycles. The Hall–Kier alpha value is -2.24. The van der Waals surface area contributed by atoms with Crippen molar-refractivity contribution < 1.29 is 9.21 Å². The zero-order chi connectivity index (χ0) is 15.1. The van der Waals surface area contributed by atoms with Crippen LogP contribution in [-0.4, -0.2) is 27.6 Å². The van der Waals surface area contributed by atoms with Crippen molar-refractivity contribution in [1.29, 1.82) is 0 Å². The number of hydrogen-bond acceptors (Lipinski definition) is 5. The smallest absolute Gasteiger partial charge is 0.249 e. The number of nitrogens with zero attached hydrogens (tertiary/aromatic N) is 3. The third kappa shape index (κ3) is 4.11. The van der Waals surface area contributed by atoms with Crippen LogP contribution in [-0.2, 0) is 11.2 Å². The lowest BCUT2D eigenvalue weighted by atomic mass is 10.0. The Morgan fingerprint density at radius 1 is 1.33 bits per heavy atom. The molecule has 0 aromatic carbocycles. The molecule has 0 saturated heterocycles. The van der Waals surface area contributed by atoms with Crippen LogP contribution in [0.5, 0.6) is 0 Å². The molecule has 2 aromatic rings. The van der Waals surface area contributed by atoms with Crippen molar-refractivity contribution in [2.24, 2.45) is 5.92 Å². The SMILES string of the molecule is CCC(CC)C(=O)NCCc1nnc(-c2cccnc2)o1. The minimum Gasteiger partial charge on any atom is -0.421 e. The van der Waals surface area contributed by atoms with Gasteiger partial charge in [-0.25, -0.2) is 0 Å². The van der Waals surface area contributed by atoms with Crippen LogP contribution < -0.4 is 5.32 Å². The summed E-state index contributed by atoms with van der Waals surface area (Å²) in [6, 6.07) is 3.67. The molecule has 0 aliphatic rings. The highest BCUT2D eigenvalue weighted by molar-refractivity contribution is 5.78. The summed E-state index contributed by atoms with van der Waals surface area (Å²) in [5.74, 6) is 1.13. The number of carbonyl (C=O) groups excluding carboxylic acids is 1. The second-order valence-electron chi connectivity index (χ2n) is 4.80. The third-order valence-corrected chi connectivity index (χ3v) is 3.37. The van der Waals surface area contributed by atoms with E-state index in [1.54, 1.807) is 12.4 Å². The minimum atomic E-state index is 0.0821. The molecule has 2 rings (SSSR count). The van der Waals surface area contributed by atoms with Crippen LogP contribution in [0.15, 0.2) is 28.9 Å². The molecule has 21 heavy (non-hydrogen) atoms. The zero-order valence-electron chi connectivity index (χ0n) is 12.4. The number of amides is 1. The number of hydrogen-bond donors (Lipinski definition) is 1. The number of nitrogens with one attached hydrogen (secondary N) is 1. The van der Waals surface area contributed by atoms with E-state index in [1.165, 1.54) is 0 Å². The summed E-state index contributed by atoms with van der Waals surface area (Å²) in [6.07, 6.45) is 5.60. The first-order valence-electron chi connectivity index (χ1n) is 7.25. The molecule has 6 nitrogen and oxygen atoms in total. The normalized spacial score (nSPS) is 10.8. The average Bonchev–Trinajstić information content (AvgIpc) is 2.98. The summed E-state index contributed by atoms with van der Waals surface area (Å²) in [6.45, 7) is 4.54. The highest BCUT2D eigenvalue weighted by Crippen LogP contribution is 2.15. The predicted molar refractivity (Wildman–Crippen MR) is 78.3 cm³/mol. The molecule has 1 amide bonds. The Morgan fingerprint density at radius 2 is 2.14 bits per heavy atom. The third-order valence-electron chi connectivity index (χ3n) is 3.37. The van der Waals surface area contributed by atoms with Crippen LogP contribution in [0.3, 0.4) is 0 Å². The van der Waals surface area contributed by atoms with Crippen LogP contribution in [0, 0.1) is 5.92 Å². The molecule has 0 bridgehead atoms. The molecule has 2 aromatic heterocycles. The number of pyridine rings is 1. The first-order valence-corrected chi connectivity index (χ1v) is 7.25. The molecule has 0 fully saturated rings. The van der Waals surface area contributed by atoms with E-state index in [0.29, 0.717) is 24.7 Å². The topological polar surface area (TPSA) is 80.9 Å². The lowest BCUT2D eigenvalue weighted by molar-refractivity contribution is -0.125. The van der Waals surface area contributed by atoms with Crippen LogP contribution in [0.4, 0.5) is 0 Å². The monoisotopic (exact) mass is 288 g/mol. The second-order valence-corrected chi connectivity index (χ2v) is 4.80. The van der Waals surface area contributed by atoms with Gasteiger partial charge in [-0.1, -0.05) is 13.8 Å². The molecule has 6 heteroatoms. The maximum atomic E-state index is 11.8. The van der Waals surface area contributed by atoms with E-state index in [9.17, 15) is 4.79 Å². The van der Waals surface area contributed by atoms with Crippen molar-refractivity contribution in [3.05, 3.63) is 30.4 Å². The largest absolute Gasteiger partial charge is 0.421 e. The standard InChI is InChI=1S/C15H20N4O2/c1-3-11(4-2)14(20)17-9-7-13-18-19-15(21-13)12-6-5-8-16-10-12/h5-6,8,10-11H,3-4,7,9H2,1-2H3,(H,17,20). The van der Waals surface area contributed by atoms with Crippen molar-refractivity contribution >= 4 is 5.91 Å². The summed E-state index contributed by atoms with van der Waals surface area (Å²) in [5.41, 5.74) is 0.789. The predicted octanol–water partition coefficient (Wildman–Crippen LogP) is 2.23. The van der Waals surface area contributed by atoms with Gasteiger partial charge < -0.3 is 9.73 Å². The molecule has 0 unspecified atom stereocenters. The van der Waals surface area contributed by atoms with Gasteiger partial charge in [0.05, 0.1) is 5.56 Å². The Labute approximate surface area is 124 Å². The molecule has 112 valence electrons. The molecule has 1 N–H and O–H groups in total. The molecule has 0 saturated carbocycles. The molecule has 2 heterocycles. The summed E-state index contributed by atoms with van der Waals surface area (Å²) in [4.78, 5) is 15.8. The van der Waals surface area contributed by atoms with Gasteiger partial charge in [0.25, 0.3) is 0 Å². The quantitative estimate of drug-likeness (QED) is 0.845. The Bertz CT molecular complexity index is 564. The lowest BCUT2D eigenvalue weighted by Crippen LogP contribution is -2.31. The fraction of sp³-hybridized carbons (Fsp3) is 0.467. The number of aromatic nitrogens is 3. The highest BCUT2D eigenvalue weighted by atomic mass is 16.4. The van der Waals surface area contributed by atoms with Gasteiger partial charge in [0.1, 0.15) is 0 Å². The maximum absolute atomic E-state index is 11.8. The molecular weight excluding hydrogens is 268 g/mol. The second kappa shape index (κ2) is 7.52. The molecular formula is C15H20N4O2. The first kappa shape index (κ1) is 15.2. The number of carbonyl (C=O) groups is 1. The van der Waals surface area contributed by atoms with Crippen LogP contribution in [0.1, 0.15) is 32.6 Å². The van der Waals surface area contributed by atoms with Crippen molar-refractivity contribution in [3.63, 3.8) is 0 Å². The van der Waals surface area contributed by atoms with Gasteiger partial charge in [-0.15, -0.1) is 10.2 Å². The summed E-state index contributed by atoms with van der Waals surface area (Å²) >= 11 is 0. The fourth-order valence-corrected chi connectivity index (χ4v) is 2.06. The summed E-state index contributed by atoms with van der Waals surface area (Å²) in [5, 5.41) is 10.9. The van der Waals surface area contributed by atoms with Crippen LogP contribution in [0.25, 0.3) is 11.5 Å². The first-order chi connectivity index (χ1) is 10.2. The van der Waals surface area contributed by atoms with E-state index >= 15 is 0 Å². The zero-order valence-corrected chi connectivity index (χ0v) is 12.4. The van der Waals surface area contributed by atoms with E-state index in [2.05, 4.69) is 20.5 Å². The van der Waals surface area contributed by atoms with Gasteiger partial charge in [0.15, 0.2) is 0 Å². The highest BCUT2D eigenvalue weighted by Gasteiger charge is 2.14. The van der Waals surface area contributed by atoms with Crippen molar-refractivity contribution in [1.82, 2.24) is 20.5 Å². The van der Waals surface area contributed by atoms with Crippen molar-refractivity contribution in [3.8, 4) is 11.5 Å². The van der Waals surface area contributed by atoms with E-state index in [-0.39, 0.29) is 11.8 Å². The van der Waals surface area contributed by atoms with Gasteiger partial charge >= 0.3 is 0 Å². The van der Waals surface area contributed by atoms with Crippen molar-refractivity contribution in [2.75, 3.05) is 6.54 Å². The minimum absolute atomic E-state index is 0.0821. The van der Waals surface area contributed by atoms with Gasteiger partial charge in [-0.2, -0.15) is 0 Å². The van der Waals surface area contributed by atoms with E-state index in [1.807, 2.05) is 26.0 Å². The van der Waals surface area contributed by atoms with E-state index < -0.39 is 0 Å². The van der Waals surface area contributed by atoms with E-state index in [0.717, 1.165) is 18.4 Å². The molecule has 0 aliphatic heterocycles. The van der Waals surface area contributed by atoms with Crippen LogP contribution in [0.2, 0.25) is 0 Å². The molecule has 0 spiro atoms. The summed E-state index contributed by atoms with van der Waals surface area (Å²) in [7, 11) is 0. The average molecular weight is 288 g/mol. The summed E-state index contributed by atoms with van der Waals surface area (Å²) < 4.78 is 5.55. The Kier molecular flexibility index (Phi) is 5.43. The van der Waals surface area contributed by atoms with Crippen LogP contribution >= 0.6 is 0 Å². The lowest BCUT2D eigenvalue weighted by Gasteiger charge is -2.11. The molecule has 0 atom stereocenters. The van der Waals surface area contributed by atoms with Gasteiger partial charge in [-0.3, -0.25) is 9.78 Å².